The zero-order chi connectivity index (χ0) is 13.5. The van der Waals surface area contributed by atoms with Crippen molar-refractivity contribution in [1.29, 1.82) is 0 Å². The lowest BCUT2D eigenvalue weighted by Gasteiger charge is -2.46. The SMILES string of the molecule is NCC1(CCc2nc3ccccc3[nH]2)CC(F)(F)C1. The molecule has 0 amide bonds. The molecule has 1 fully saturated rings. The van der Waals surface area contributed by atoms with Gasteiger partial charge in [-0.1, -0.05) is 12.1 Å². The Bertz CT molecular complexity index is 550. The number of aromatic nitrogens is 2. The smallest absolute Gasteiger partial charge is 0.249 e. The molecule has 3 nitrogen and oxygen atoms in total. The average molecular weight is 265 g/mol. The lowest BCUT2D eigenvalue weighted by Crippen LogP contribution is -2.50. The number of aryl methyl sites for hydroxylation is 1. The summed E-state index contributed by atoms with van der Waals surface area (Å²) in [6.07, 6.45) is 1.16. The average Bonchev–Trinajstić information content (AvgIpc) is 2.76. The minimum Gasteiger partial charge on any atom is -0.342 e. The molecule has 102 valence electrons. The minimum atomic E-state index is -2.52. The maximum absolute atomic E-state index is 13.0. The summed E-state index contributed by atoms with van der Waals surface area (Å²) in [6, 6.07) is 7.77. The molecule has 1 saturated carbocycles. The van der Waals surface area contributed by atoms with Crippen LogP contribution in [0, 0.1) is 5.41 Å². The third-order valence-electron chi connectivity index (χ3n) is 4.03. The largest absolute Gasteiger partial charge is 0.342 e. The molecule has 0 aliphatic heterocycles. The standard InChI is InChI=1S/C14H17F2N3/c15-14(16)7-13(8-14,9-17)6-5-12-18-10-3-1-2-4-11(10)19-12/h1-4H,5-9,17H2,(H,18,19). The van der Waals surface area contributed by atoms with Crippen molar-refractivity contribution in [3.05, 3.63) is 30.1 Å². The van der Waals surface area contributed by atoms with Crippen molar-refractivity contribution >= 4 is 11.0 Å². The summed E-state index contributed by atoms with van der Waals surface area (Å²) in [5.74, 6) is -1.67. The lowest BCUT2D eigenvalue weighted by molar-refractivity contribution is -0.159. The van der Waals surface area contributed by atoms with Gasteiger partial charge in [-0.2, -0.15) is 0 Å². The molecule has 0 unspecified atom stereocenters. The first kappa shape index (κ1) is 12.5. The number of H-pyrrole nitrogens is 1. The third-order valence-corrected chi connectivity index (χ3v) is 4.03. The van der Waals surface area contributed by atoms with Crippen molar-refractivity contribution in [2.75, 3.05) is 6.54 Å². The van der Waals surface area contributed by atoms with E-state index in [2.05, 4.69) is 9.97 Å². The van der Waals surface area contributed by atoms with Crippen LogP contribution in [0.3, 0.4) is 0 Å². The van der Waals surface area contributed by atoms with Crippen molar-refractivity contribution in [3.8, 4) is 0 Å². The summed E-state index contributed by atoms with van der Waals surface area (Å²) < 4.78 is 26.1. The summed E-state index contributed by atoms with van der Waals surface area (Å²) in [5.41, 5.74) is 7.16. The van der Waals surface area contributed by atoms with E-state index in [0.717, 1.165) is 16.9 Å². The monoisotopic (exact) mass is 265 g/mol. The Kier molecular flexibility index (Phi) is 2.82. The second-order valence-electron chi connectivity index (χ2n) is 5.61. The maximum Gasteiger partial charge on any atom is 0.249 e. The molecule has 0 atom stereocenters. The van der Waals surface area contributed by atoms with E-state index in [4.69, 9.17) is 5.73 Å². The number of halogens is 2. The van der Waals surface area contributed by atoms with Crippen LogP contribution in [0.2, 0.25) is 0 Å². The van der Waals surface area contributed by atoms with E-state index in [9.17, 15) is 8.78 Å². The molecule has 19 heavy (non-hydrogen) atoms. The van der Waals surface area contributed by atoms with Crippen molar-refractivity contribution in [1.82, 2.24) is 9.97 Å². The van der Waals surface area contributed by atoms with Gasteiger partial charge in [0.25, 0.3) is 0 Å². The number of nitrogens with two attached hydrogens (primary N) is 1. The van der Waals surface area contributed by atoms with Crippen LogP contribution in [0.25, 0.3) is 11.0 Å². The summed E-state index contributed by atoms with van der Waals surface area (Å²) in [5, 5.41) is 0. The number of rotatable bonds is 4. The van der Waals surface area contributed by atoms with E-state index in [0.29, 0.717) is 19.4 Å². The molecule has 3 N–H and O–H groups in total. The number of hydrogen-bond acceptors (Lipinski definition) is 2. The van der Waals surface area contributed by atoms with E-state index in [1.54, 1.807) is 0 Å². The second kappa shape index (κ2) is 4.27. The molecule has 2 aromatic rings. The van der Waals surface area contributed by atoms with Crippen LogP contribution in [0.1, 0.15) is 25.1 Å². The topological polar surface area (TPSA) is 54.7 Å². The zero-order valence-electron chi connectivity index (χ0n) is 10.6. The van der Waals surface area contributed by atoms with E-state index >= 15 is 0 Å². The second-order valence-corrected chi connectivity index (χ2v) is 5.61. The van der Waals surface area contributed by atoms with Gasteiger partial charge in [0, 0.05) is 19.3 Å². The minimum absolute atomic E-state index is 0.0866. The Hall–Kier alpha value is -1.49. The fourth-order valence-electron chi connectivity index (χ4n) is 2.98. The van der Waals surface area contributed by atoms with E-state index < -0.39 is 11.3 Å². The molecule has 0 bridgehead atoms. The molecule has 1 heterocycles. The zero-order valence-corrected chi connectivity index (χ0v) is 10.6. The molecule has 3 rings (SSSR count). The number of nitrogens with zero attached hydrogens (tertiary/aromatic N) is 1. The van der Waals surface area contributed by atoms with Gasteiger partial charge >= 0.3 is 0 Å². The molecule has 1 aliphatic carbocycles. The first-order valence-corrected chi connectivity index (χ1v) is 6.54. The van der Waals surface area contributed by atoms with Crippen LogP contribution < -0.4 is 5.73 Å². The Balaban J connectivity index is 1.69. The fourth-order valence-corrected chi connectivity index (χ4v) is 2.98. The van der Waals surface area contributed by atoms with Crippen LogP contribution in [0.15, 0.2) is 24.3 Å². The molecule has 1 aliphatic rings. The Labute approximate surface area is 110 Å². The Morgan fingerprint density at radius 1 is 1.26 bits per heavy atom. The van der Waals surface area contributed by atoms with Crippen molar-refractivity contribution < 1.29 is 8.78 Å². The number of nitrogens with one attached hydrogen (secondary N) is 1. The van der Waals surface area contributed by atoms with Crippen LogP contribution in [0.4, 0.5) is 8.78 Å². The van der Waals surface area contributed by atoms with Crippen LogP contribution in [-0.4, -0.2) is 22.4 Å². The van der Waals surface area contributed by atoms with Gasteiger partial charge in [0.2, 0.25) is 5.92 Å². The van der Waals surface area contributed by atoms with E-state index in [-0.39, 0.29) is 12.8 Å². The number of aromatic amines is 1. The van der Waals surface area contributed by atoms with Crippen molar-refractivity contribution in [2.45, 2.75) is 31.6 Å². The van der Waals surface area contributed by atoms with Gasteiger partial charge in [-0.15, -0.1) is 0 Å². The lowest BCUT2D eigenvalue weighted by atomic mass is 9.63. The van der Waals surface area contributed by atoms with Gasteiger partial charge in [-0.05, 0) is 30.5 Å². The summed E-state index contributed by atoms with van der Waals surface area (Å²) in [6.45, 7) is 0.322. The first-order valence-electron chi connectivity index (χ1n) is 6.54. The van der Waals surface area contributed by atoms with Gasteiger partial charge < -0.3 is 10.7 Å². The third kappa shape index (κ3) is 2.34. The number of imidazole rings is 1. The van der Waals surface area contributed by atoms with Crippen LogP contribution >= 0.6 is 0 Å². The molecule has 1 aromatic carbocycles. The highest BCUT2D eigenvalue weighted by Crippen LogP contribution is 2.53. The Morgan fingerprint density at radius 3 is 2.63 bits per heavy atom. The van der Waals surface area contributed by atoms with E-state index in [1.807, 2.05) is 24.3 Å². The Morgan fingerprint density at radius 2 is 2.00 bits per heavy atom. The van der Waals surface area contributed by atoms with Crippen LogP contribution in [0.5, 0.6) is 0 Å². The normalized spacial score (nSPS) is 20.4. The summed E-state index contributed by atoms with van der Waals surface area (Å²) in [4.78, 5) is 7.68. The number of benzene rings is 1. The van der Waals surface area contributed by atoms with Gasteiger partial charge in [0.1, 0.15) is 5.82 Å². The first-order chi connectivity index (χ1) is 9.02. The quantitative estimate of drug-likeness (QED) is 0.893. The highest BCUT2D eigenvalue weighted by molar-refractivity contribution is 5.74. The number of hydrogen-bond donors (Lipinski definition) is 2. The van der Waals surface area contributed by atoms with Gasteiger partial charge in [0.05, 0.1) is 11.0 Å². The predicted octanol–water partition coefficient (Wildman–Crippen LogP) is 2.87. The van der Waals surface area contributed by atoms with Gasteiger partial charge in [-0.25, -0.2) is 13.8 Å². The fraction of sp³-hybridized carbons (Fsp3) is 0.500. The molecule has 1 aromatic heterocycles. The summed E-state index contributed by atoms with van der Waals surface area (Å²) in [7, 11) is 0. The molecular weight excluding hydrogens is 248 g/mol. The number of para-hydroxylation sites is 2. The highest BCUT2D eigenvalue weighted by Gasteiger charge is 2.55. The molecule has 5 heteroatoms. The molecular formula is C14H17F2N3. The maximum atomic E-state index is 13.0. The summed E-state index contributed by atoms with van der Waals surface area (Å²) >= 11 is 0. The molecule has 0 saturated heterocycles. The molecule has 0 spiro atoms. The predicted molar refractivity (Wildman–Crippen MR) is 70.1 cm³/mol. The number of alkyl halides is 2. The van der Waals surface area contributed by atoms with Crippen molar-refractivity contribution in [3.63, 3.8) is 0 Å². The van der Waals surface area contributed by atoms with Crippen molar-refractivity contribution in [2.24, 2.45) is 11.1 Å². The van der Waals surface area contributed by atoms with E-state index in [1.165, 1.54) is 0 Å². The van der Waals surface area contributed by atoms with Gasteiger partial charge in [0.15, 0.2) is 0 Å². The number of fused-ring (bicyclic) bond motifs is 1. The highest BCUT2D eigenvalue weighted by atomic mass is 19.3. The van der Waals surface area contributed by atoms with Gasteiger partial charge in [-0.3, -0.25) is 0 Å². The van der Waals surface area contributed by atoms with Crippen LogP contribution in [-0.2, 0) is 6.42 Å². The molecule has 0 radical (unpaired) electrons.